The van der Waals surface area contributed by atoms with E-state index < -0.39 is 21.8 Å². The van der Waals surface area contributed by atoms with Crippen LogP contribution in [0.15, 0.2) is 88.3 Å². The quantitative estimate of drug-likeness (QED) is 0.633. The van der Waals surface area contributed by atoms with Crippen molar-refractivity contribution in [3.8, 4) is 6.07 Å². The van der Waals surface area contributed by atoms with Crippen LogP contribution in [0.5, 0.6) is 0 Å². The van der Waals surface area contributed by atoms with Crippen molar-refractivity contribution in [3.05, 3.63) is 96.1 Å². The third-order valence-corrected chi connectivity index (χ3v) is 5.09. The molecule has 0 saturated carbocycles. The first-order valence-corrected chi connectivity index (χ1v) is 9.41. The summed E-state index contributed by atoms with van der Waals surface area (Å²) in [5.41, 5.74) is 0.929. The first-order valence-electron chi connectivity index (χ1n) is 7.97. The molecule has 5 nitrogen and oxygen atoms in total. The minimum absolute atomic E-state index is 0.0566. The molecule has 3 rings (SSSR count). The van der Waals surface area contributed by atoms with E-state index in [2.05, 4.69) is 15.5 Å². The Bertz CT molecular complexity index is 1090. The smallest absolute Gasteiger partial charge is 0.259 e. The highest BCUT2D eigenvalue weighted by molar-refractivity contribution is 7.90. The fourth-order valence-electron chi connectivity index (χ4n) is 2.48. The Morgan fingerprint density at radius 1 is 1.00 bits per heavy atom. The van der Waals surface area contributed by atoms with E-state index in [9.17, 15) is 18.1 Å². The van der Waals surface area contributed by atoms with E-state index in [0.717, 1.165) is 24.3 Å². The van der Waals surface area contributed by atoms with Gasteiger partial charge in [-0.15, -0.1) is 0 Å². The summed E-state index contributed by atoms with van der Waals surface area (Å²) in [6.07, 6.45) is 1.52. The molecule has 1 heterocycles. The molecule has 27 heavy (non-hydrogen) atoms. The summed E-state index contributed by atoms with van der Waals surface area (Å²) < 4.78 is 42.5. The molecule has 0 aliphatic carbocycles. The average Bonchev–Trinajstić information content (AvgIpc) is 2.69. The highest BCUT2D eigenvalue weighted by Crippen LogP contribution is 2.23. The van der Waals surface area contributed by atoms with Crippen LogP contribution in [0.2, 0.25) is 0 Å². The van der Waals surface area contributed by atoms with Gasteiger partial charge < -0.3 is 0 Å². The van der Waals surface area contributed by atoms with Crippen molar-refractivity contribution in [2.75, 3.05) is 0 Å². The molecule has 3 aromatic rings. The van der Waals surface area contributed by atoms with Crippen LogP contribution in [0.25, 0.3) is 0 Å². The second kappa shape index (κ2) is 7.89. The van der Waals surface area contributed by atoms with Crippen LogP contribution in [0.1, 0.15) is 17.2 Å². The van der Waals surface area contributed by atoms with Crippen molar-refractivity contribution >= 4 is 15.7 Å². The number of pyridine rings is 1. The van der Waals surface area contributed by atoms with Gasteiger partial charge in [-0.25, -0.2) is 4.39 Å². The zero-order chi connectivity index (χ0) is 19.3. The van der Waals surface area contributed by atoms with Crippen molar-refractivity contribution < 1.29 is 12.8 Å². The Morgan fingerprint density at radius 2 is 1.67 bits per heavy atom. The summed E-state index contributed by atoms with van der Waals surface area (Å²) in [7, 11) is -4.15. The van der Waals surface area contributed by atoms with E-state index in [4.69, 9.17) is 0 Å². The van der Waals surface area contributed by atoms with Gasteiger partial charge in [0.25, 0.3) is 10.0 Å². The number of benzene rings is 2. The van der Waals surface area contributed by atoms with Crippen LogP contribution in [0, 0.1) is 17.1 Å². The molecule has 134 valence electrons. The van der Waals surface area contributed by atoms with E-state index in [1.165, 1.54) is 6.20 Å². The second-order valence-electron chi connectivity index (χ2n) is 5.59. The molecule has 0 fully saturated rings. The average molecular weight is 379 g/mol. The maximum Gasteiger partial charge on any atom is 0.282 e. The summed E-state index contributed by atoms with van der Waals surface area (Å²) in [6, 6.07) is 20.1. The van der Waals surface area contributed by atoms with Crippen LogP contribution < -0.4 is 0 Å². The Balaban J connectivity index is 2.17. The summed E-state index contributed by atoms with van der Waals surface area (Å²) in [6.45, 7) is 0. The van der Waals surface area contributed by atoms with E-state index in [1.54, 1.807) is 48.5 Å². The lowest BCUT2D eigenvalue weighted by molar-refractivity contribution is 0.596. The number of hydrogen-bond acceptors (Lipinski definition) is 4. The van der Waals surface area contributed by atoms with E-state index in [-0.39, 0.29) is 10.6 Å². The van der Waals surface area contributed by atoms with Gasteiger partial charge in [0, 0.05) is 6.20 Å². The van der Waals surface area contributed by atoms with E-state index >= 15 is 0 Å². The van der Waals surface area contributed by atoms with Gasteiger partial charge in [0.05, 0.1) is 22.4 Å². The Hall–Kier alpha value is -3.37. The number of halogens is 1. The van der Waals surface area contributed by atoms with Gasteiger partial charge in [-0.1, -0.05) is 36.4 Å². The summed E-state index contributed by atoms with van der Waals surface area (Å²) in [5, 5.41) is 9.70. The molecule has 0 amide bonds. The van der Waals surface area contributed by atoms with Crippen molar-refractivity contribution in [1.29, 1.82) is 5.26 Å². The van der Waals surface area contributed by atoms with Crippen LogP contribution in [-0.4, -0.2) is 19.1 Å². The SMILES string of the molecule is N#CC(/C(=N\S(=O)(=O)c1ccc(F)cc1)c1ccccc1)c1ccccn1. The first kappa shape index (κ1) is 18.4. The van der Waals surface area contributed by atoms with E-state index in [0.29, 0.717) is 11.3 Å². The van der Waals surface area contributed by atoms with Crippen molar-refractivity contribution in [2.45, 2.75) is 10.8 Å². The number of rotatable bonds is 5. The fourth-order valence-corrected chi connectivity index (χ4v) is 3.54. The highest BCUT2D eigenvalue weighted by Gasteiger charge is 2.24. The topological polar surface area (TPSA) is 83.2 Å². The van der Waals surface area contributed by atoms with Gasteiger partial charge in [-0.2, -0.15) is 18.1 Å². The largest absolute Gasteiger partial charge is 0.282 e. The molecule has 0 N–H and O–H groups in total. The number of nitriles is 1. The molecule has 2 aromatic carbocycles. The van der Waals surface area contributed by atoms with Gasteiger partial charge >= 0.3 is 0 Å². The van der Waals surface area contributed by atoms with Crippen molar-refractivity contribution in [3.63, 3.8) is 0 Å². The van der Waals surface area contributed by atoms with Gasteiger partial charge in [-0.05, 0) is 42.0 Å². The van der Waals surface area contributed by atoms with Crippen LogP contribution in [-0.2, 0) is 10.0 Å². The molecular formula is C20H14FN3O2S. The van der Waals surface area contributed by atoms with Gasteiger partial charge in [0.15, 0.2) is 0 Å². The zero-order valence-corrected chi connectivity index (χ0v) is 14.8. The third-order valence-electron chi connectivity index (χ3n) is 3.79. The lowest BCUT2D eigenvalue weighted by Crippen LogP contribution is -2.16. The molecule has 0 saturated heterocycles. The van der Waals surface area contributed by atoms with Gasteiger partial charge in [-0.3, -0.25) is 4.98 Å². The molecule has 0 bridgehead atoms. The van der Waals surface area contributed by atoms with Crippen LogP contribution in [0.3, 0.4) is 0 Å². The molecule has 0 aliphatic heterocycles. The molecule has 1 atom stereocenters. The first-order chi connectivity index (χ1) is 13.0. The predicted molar refractivity (Wildman–Crippen MR) is 99.2 cm³/mol. The predicted octanol–water partition coefficient (Wildman–Crippen LogP) is 3.71. The van der Waals surface area contributed by atoms with Gasteiger partial charge in [0.2, 0.25) is 0 Å². The zero-order valence-electron chi connectivity index (χ0n) is 14.0. The minimum atomic E-state index is -4.15. The minimum Gasteiger partial charge on any atom is -0.259 e. The molecule has 0 aliphatic rings. The summed E-state index contributed by atoms with van der Waals surface area (Å²) in [5.74, 6) is -1.53. The lowest BCUT2D eigenvalue weighted by Gasteiger charge is -2.13. The molecule has 0 spiro atoms. The number of aromatic nitrogens is 1. The maximum atomic E-state index is 13.1. The maximum absolute atomic E-state index is 13.1. The molecular weight excluding hydrogens is 365 g/mol. The molecule has 1 unspecified atom stereocenters. The number of sulfonamides is 1. The Kier molecular flexibility index (Phi) is 5.38. The lowest BCUT2D eigenvalue weighted by atomic mass is 9.94. The number of hydrogen-bond donors (Lipinski definition) is 0. The van der Waals surface area contributed by atoms with Gasteiger partial charge in [0.1, 0.15) is 11.7 Å². The molecule has 7 heteroatoms. The standard InChI is InChI=1S/C20H14FN3O2S/c21-16-9-11-17(12-10-16)27(25,26)24-20(15-6-2-1-3-7-15)18(14-22)19-8-4-5-13-23-19/h1-13,18H/b24-20-. The van der Waals surface area contributed by atoms with E-state index in [1.807, 2.05) is 0 Å². The third kappa shape index (κ3) is 4.25. The normalized spacial score (nSPS) is 13.0. The van der Waals surface area contributed by atoms with Crippen LogP contribution >= 0.6 is 0 Å². The monoisotopic (exact) mass is 379 g/mol. The summed E-state index contributed by atoms with van der Waals surface area (Å²) >= 11 is 0. The molecule has 1 aromatic heterocycles. The summed E-state index contributed by atoms with van der Waals surface area (Å²) in [4.78, 5) is 4.01. The van der Waals surface area contributed by atoms with Crippen LogP contribution in [0.4, 0.5) is 4.39 Å². The fraction of sp³-hybridized carbons (Fsp3) is 0.0500. The van der Waals surface area contributed by atoms with Crippen molar-refractivity contribution in [1.82, 2.24) is 4.98 Å². The highest BCUT2D eigenvalue weighted by atomic mass is 32.2. The van der Waals surface area contributed by atoms with Crippen molar-refractivity contribution in [2.24, 2.45) is 4.40 Å². The Labute approximate surface area is 156 Å². The second-order valence-corrected chi connectivity index (χ2v) is 7.19. The number of nitrogens with zero attached hydrogens (tertiary/aromatic N) is 3. The molecule has 0 radical (unpaired) electrons. The Morgan fingerprint density at radius 3 is 2.26 bits per heavy atom.